The lowest BCUT2D eigenvalue weighted by atomic mass is 9.76. The lowest BCUT2D eigenvalue weighted by molar-refractivity contribution is -0.116. The van der Waals surface area contributed by atoms with E-state index >= 15 is 0 Å². The highest BCUT2D eigenvalue weighted by Crippen LogP contribution is 2.44. The summed E-state index contributed by atoms with van der Waals surface area (Å²) in [4.78, 5) is 14.9. The molecule has 6 heteroatoms. The van der Waals surface area contributed by atoms with Crippen molar-refractivity contribution in [3.8, 4) is 6.07 Å². The highest BCUT2D eigenvalue weighted by atomic mass is 16.1. The monoisotopic (exact) mass is 351 g/mol. The maximum absolute atomic E-state index is 12.8. The Bertz CT molecular complexity index is 827. The van der Waals surface area contributed by atoms with Crippen LogP contribution in [0, 0.1) is 11.3 Å². The number of anilines is 1. The number of hydrazine groups is 1. The molecule has 0 bridgehead atoms. The van der Waals surface area contributed by atoms with Crippen LogP contribution in [-0.4, -0.2) is 44.0 Å². The molecule has 1 atom stereocenters. The molecule has 26 heavy (non-hydrogen) atoms. The first-order chi connectivity index (χ1) is 12.4. The number of ketones is 1. The van der Waals surface area contributed by atoms with Crippen LogP contribution in [0.4, 0.5) is 5.69 Å². The Hall–Kier alpha value is -2.78. The summed E-state index contributed by atoms with van der Waals surface area (Å²) in [5.74, 6) is 0.128. The minimum atomic E-state index is -0.393. The molecule has 0 aromatic heterocycles. The highest BCUT2D eigenvalue weighted by Gasteiger charge is 2.40. The number of hydrogen-bond acceptors (Lipinski definition) is 6. The van der Waals surface area contributed by atoms with E-state index in [-0.39, 0.29) is 5.78 Å². The molecule has 136 valence electrons. The number of allylic oxidation sites excluding steroid dienone is 3. The van der Waals surface area contributed by atoms with E-state index in [1.54, 1.807) is 0 Å². The summed E-state index contributed by atoms with van der Waals surface area (Å²) in [5, 5.41) is 13.5. The van der Waals surface area contributed by atoms with Crippen LogP contribution in [0.25, 0.3) is 0 Å². The first kappa shape index (κ1) is 18.0. The van der Waals surface area contributed by atoms with Crippen LogP contribution >= 0.6 is 0 Å². The molecule has 1 aliphatic carbocycles. The number of carbonyl (C=O) groups excluding carboxylic acids is 1. The van der Waals surface area contributed by atoms with E-state index < -0.39 is 5.92 Å². The lowest BCUT2D eigenvalue weighted by Gasteiger charge is -2.42. The molecule has 0 fully saturated rings. The molecule has 0 radical (unpaired) electrons. The molecule has 1 heterocycles. The fourth-order valence-corrected chi connectivity index (χ4v) is 3.82. The summed E-state index contributed by atoms with van der Waals surface area (Å²) in [6, 6.07) is 10.3. The number of carbonyl (C=O) groups is 1. The van der Waals surface area contributed by atoms with Gasteiger partial charge in [-0.1, -0.05) is 12.1 Å². The van der Waals surface area contributed by atoms with Gasteiger partial charge in [0.05, 0.1) is 17.6 Å². The topological polar surface area (TPSA) is 76.6 Å². The third-order valence-electron chi connectivity index (χ3n) is 5.03. The second-order valence-electron chi connectivity index (χ2n) is 7.13. The normalized spacial score (nSPS) is 20.4. The van der Waals surface area contributed by atoms with E-state index in [4.69, 9.17) is 5.73 Å². The fraction of sp³-hybridized carbons (Fsp3) is 0.400. The minimum absolute atomic E-state index is 0.111. The van der Waals surface area contributed by atoms with Crippen LogP contribution in [0.1, 0.15) is 30.7 Å². The predicted octanol–water partition coefficient (Wildman–Crippen LogP) is 2.33. The van der Waals surface area contributed by atoms with Crippen LogP contribution in [0.15, 0.2) is 46.9 Å². The van der Waals surface area contributed by atoms with Crippen LogP contribution in [0.2, 0.25) is 0 Å². The van der Waals surface area contributed by atoms with E-state index in [9.17, 15) is 10.1 Å². The van der Waals surface area contributed by atoms with E-state index in [0.717, 1.165) is 29.8 Å². The van der Waals surface area contributed by atoms with E-state index in [0.29, 0.717) is 23.4 Å². The molecule has 3 rings (SSSR count). The molecular weight excluding hydrogens is 326 g/mol. The predicted molar refractivity (Wildman–Crippen MR) is 102 cm³/mol. The summed E-state index contributed by atoms with van der Waals surface area (Å²) in [6.45, 7) is 0. The first-order valence-electron chi connectivity index (χ1n) is 8.77. The van der Waals surface area contributed by atoms with Gasteiger partial charge in [-0.05, 0) is 30.5 Å². The molecule has 1 aromatic carbocycles. The molecule has 1 unspecified atom stereocenters. The number of nitrogens with two attached hydrogens (primary N) is 1. The average molecular weight is 351 g/mol. The molecule has 0 saturated heterocycles. The van der Waals surface area contributed by atoms with Gasteiger partial charge in [0.15, 0.2) is 5.78 Å². The van der Waals surface area contributed by atoms with Crippen molar-refractivity contribution in [2.45, 2.75) is 25.2 Å². The SMILES string of the molecule is CN(C)c1ccc(C2C(C#N)=C(N)N(N(C)C)C3=C2C(=O)CCC3)cc1. The van der Waals surface area contributed by atoms with Crippen LogP contribution in [-0.2, 0) is 4.79 Å². The summed E-state index contributed by atoms with van der Waals surface area (Å²) in [6.07, 6.45) is 2.11. The molecule has 0 amide bonds. The van der Waals surface area contributed by atoms with E-state index in [2.05, 4.69) is 6.07 Å². The molecule has 0 saturated carbocycles. The van der Waals surface area contributed by atoms with Gasteiger partial charge in [-0.2, -0.15) is 5.26 Å². The zero-order valence-electron chi connectivity index (χ0n) is 15.8. The van der Waals surface area contributed by atoms with E-state index in [1.165, 1.54) is 0 Å². The Morgan fingerprint density at radius 1 is 1.15 bits per heavy atom. The van der Waals surface area contributed by atoms with Gasteiger partial charge in [-0.15, -0.1) is 0 Å². The van der Waals surface area contributed by atoms with Gasteiger partial charge in [0.25, 0.3) is 0 Å². The Kier molecular flexibility index (Phi) is 4.75. The standard InChI is InChI=1S/C20H25N5O/c1-23(2)14-10-8-13(9-11-14)18-15(12-21)20(22)25(24(3)4)16-6-5-7-17(26)19(16)18/h8-11,18H,5-7,22H2,1-4H3. The zero-order valence-corrected chi connectivity index (χ0v) is 15.8. The third kappa shape index (κ3) is 2.85. The van der Waals surface area contributed by atoms with Crippen molar-refractivity contribution in [3.05, 3.63) is 52.5 Å². The van der Waals surface area contributed by atoms with Crippen LogP contribution in [0.5, 0.6) is 0 Å². The van der Waals surface area contributed by atoms with Crippen molar-refractivity contribution in [2.75, 3.05) is 33.1 Å². The quantitative estimate of drug-likeness (QED) is 0.901. The van der Waals surface area contributed by atoms with Crippen molar-refractivity contribution in [1.29, 1.82) is 5.26 Å². The lowest BCUT2D eigenvalue weighted by Crippen LogP contribution is -2.45. The number of nitrogens with zero attached hydrogens (tertiary/aromatic N) is 4. The highest BCUT2D eigenvalue weighted by molar-refractivity contribution is 5.99. The molecule has 2 aliphatic rings. The Balaban J connectivity index is 2.19. The number of rotatable bonds is 3. The maximum atomic E-state index is 12.8. The zero-order chi connectivity index (χ0) is 19.0. The Labute approximate surface area is 154 Å². The van der Waals surface area contributed by atoms with Crippen molar-refractivity contribution in [1.82, 2.24) is 10.0 Å². The summed E-state index contributed by atoms with van der Waals surface area (Å²) in [7, 11) is 7.71. The number of benzene rings is 1. The smallest absolute Gasteiger partial charge is 0.161 e. The first-order valence-corrected chi connectivity index (χ1v) is 8.77. The Morgan fingerprint density at radius 3 is 2.35 bits per heavy atom. The molecule has 0 spiro atoms. The van der Waals surface area contributed by atoms with Gasteiger partial charge in [0.2, 0.25) is 0 Å². The van der Waals surface area contributed by atoms with Crippen molar-refractivity contribution < 1.29 is 4.79 Å². The second kappa shape index (κ2) is 6.85. The maximum Gasteiger partial charge on any atom is 0.161 e. The fourth-order valence-electron chi connectivity index (χ4n) is 3.82. The van der Waals surface area contributed by atoms with Gasteiger partial charge in [0, 0.05) is 51.6 Å². The van der Waals surface area contributed by atoms with Gasteiger partial charge in [-0.25, -0.2) is 5.01 Å². The van der Waals surface area contributed by atoms with Crippen molar-refractivity contribution in [3.63, 3.8) is 0 Å². The van der Waals surface area contributed by atoms with Gasteiger partial charge < -0.3 is 10.6 Å². The average Bonchev–Trinajstić information content (AvgIpc) is 2.60. The number of hydrogen-bond donors (Lipinski definition) is 1. The summed E-state index contributed by atoms with van der Waals surface area (Å²) >= 11 is 0. The summed E-state index contributed by atoms with van der Waals surface area (Å²) in [5.41, 5.74) is 10.4. The van der Waals surface area contributed by atoms with Gasteiger partial charge >= 0.3 is 0 Å². The summed E-state index contributed by atoms with van der Waals surface area (Å²) < 4.78 is 0. The molecule has 1 aliphatic heterocycles. The van der Waals surface area contributed by atoms with Crippen LogP contribution < -0.4 is 10.6 Å². The van der Waals surface area contributed by atoms with Gasteiger partial charge in [-0.3, -0.25) is 9.80 Å². The van der Waals surface area contributed by atoms with Crippen molar-refractivity contribution >= 4 is 11.5 Å². The molecule has 1 aromatic rings. The second-order valence-corrected chi connectivity index (χ2v) is 7.13. The van der Waals surface area contributed by atoms with E-state index in [1.807, 2.05) is 67.4 Å². The minimum Gasteiger partial charge on any atom is -0.383 e. The third-order valence-corrected chi connectivity index (χ3v) is 5.03. The molecule has 6 nitrogen and oxygen atoms in total. The van der Waals surface area contributed by atoms with Crippen molar-refractivity contribution in [2.24, 2.45) is 5.73 Å². The molecular formula is C20H25N5O. The Morgan fingerprint density at radius 2 is 1.81 bits per heavy atom. The van der Waals surface area contributed by atoms with Crippen LogP contribution in [0.3, 0.4) is 0 Å². The largest absolute Gasteiger partial charge is 0.383 e. The number of Topliss-reactive ketones (excluding diaryl/α,β-unsaturated/α-hetero) is 1. The van der Waals surface area contributed by atoms with Gasteiger partial charge in [0.1, 0.15) is 5.82 Å². The number of nitriles is 1. The molecule has 2 N–H and O–H groups in total.